The van der Waals surface area contributed by atoms with E-state index in [1.54, 1.807) is 0 Å². The number of hydrogen-bond donors (Lipinski definition) is 2. The van der Waals surface area contributed by atoms with E-state index < -0.39 is 0 Å². The summed E-state index contributed by atoms with van der Waals surface area (Å²) in [4.78, 5) is 0. The number of hydrogen-bond acceptors (Lipinski definition) is 2. The molecule has 1 aromatic rings. The van der Waals surface area contributed by atoms with E-state index in [9.17, 15) is 0 Å². The van der Waals surface area contributed by atoms with Gasteiger partial charge in [-0.2, -0.15) is 0 Å². The van der Waals surface area contributed by atoms with Crippen LogP contribution >= 0.6 is 11.6 Å². The quantitative estimate of drug-likeness (QED) is 0.869. The van der Waals surface area contributed by atoms with Gasteiger partial charge >= 0.3 is 0 Å². The smallest absolute Gasteiger partial charge is 0.0498 e. The number of nitrogens with two attached hydrogens (primary N) is 1. The molecule has 0 heterocycles. The van der Waals surface area contributed by atoms with Crippen molar-refractivity contribution in [3.8, 4) is 0 Å². The van der Waals surface area contributed by atoms with Crippen molar-refractivity contribution >= 4 is 17.3 Å². The van der Waals surface area contributed by atoms with Gasteiger partial charge in [-0.1, -0.05) is 37.4 Å². The number of halogens is 1. The lowest BCUT2D eigenvalue weighted by Crippen LogP contribution is -2.48. The Morgan fingerprint density at radius 2 is 2.28 bits per heavy atom. The Morgan fingerprint density at radius 1 is 1.50 bits per heavy atom. The van der Waals surface area contributed by atoms with Gasteiger partial charge in [0.25, 0.3) is 0 Å². The molecule has 2 atom stereocenters. The van der Waals surface area contributed by atoms with Crippen LogP contribution in [-0.2, 0) is 0 Å². The van der Waals surface area contributed by atoms with Gasteiger partial charge in [0.2, 0.25) is 0 Å². The predicted molar refractivity (Wildman–Crippen MR) is 79.2 cm³/mol. The third-order valence-corrected chi connectivity index (χ3v) is 4.47. The van der Waals surface area contributed by atoms with Crippen molar-refractivity contribution in [3.63, 3.8) is 0 Å². The number of benzene rings is 1. The van der Waals surface area contributed by atoms with Crippen molar-refractivity contribution in [1.82, 2.24) is 0 Å². The molecule has 3 heteroatoms. The molecule has 2 unspecified atom stereocenters. The molecule has 0 radical (unpaired) electrons. The molecule has 100 valence electrons. The Labute approximate surface area is 115 Å². The fourth-order valence-corrected chi connectivity index (χ4v) is 3.17. The summed E-state index contributed by atoms with van der Waals surface area (Å²) < 4.78 is 0. The van der Waals surface area contributed by atoms with E-state index in [4.69, 9.17) is 17.3 Å². The number of rotatable bonds is 3. The molecule has 2 nitrogen and oxygen atoms in total. The average molecular weight is 267 g/mol. The maximum Gasteiger partial charge on any atom is 0.0498 e. The second kappa shape index (κ2) is 5.50. The van der Waals surface area contributed by atoms with Gasteiger partial charge < -0.3 is 11.1 Å². The van der Waals surface area contributed by atoms with Crippen molar-refractivity contribution in [2.45, 2.75) is 45.1 Å². The Balaban J connectivity index is 2.16. The Morgan fingerprint density at radius 3 is 2.89 bits per heavy atom. The summed E-state index contributed by atoms with van der Waals surface area (Å²) in [6, 6.07) is 6.16. The minimum atomic E-state index is 0.0518. The molecule has 0 bridgehead atoms. The fraction of sp³-hybridized carbons (Fsp3) is 0.600. The highest BCUT2D eigenvalue weighted by Crippen LogP contribution is 2.35. The lowest BCUT2D eigenvalue weighted by Gasteiger charge is -2.41. The normalized spacial score (nSPS) is 28.1. The largest absolute Gasteiger partial charge is 0.378 e. The SMILES string of the molecule is Cc1ccc(NC2(CN)CCCC(C)C2)cc1Cl. The van der Waals surface area contributed by atoms with Gasteiger partial charge in [-0.05, 0) is 43.4 Å². The van der Waals surface area contributed by atoms with Gasteiger partial charge in [0.1, 0.15) is 0 Å². The van der Waals surface area contributed by atoms with Crippen LogP contribution in [0.2, 0.25) is 5.02 Å². The highest BCUT2D eigenvalue weighted by Gasteiger charge is 2.33. The first kappa shape index (κ1) is 13.7. The number of aryl methyl sites for hydroxylation is 1. The fourth-order valence-electron chi connectivity index (χ4n) is 2.99. The molecule has 3 N–H and O–H groups in total. The zero-order valence-electron chi connectivity index (χ0n) is 11.3. The first-order chi connectivity index (χ1) is 8.54. The lowest BCUT2D eigenvalue weighted by atomic mass is 9.76. The van der Waals surface area contributed by atoms with Crippen LogP contribution < -0.4 is 11.1 Å². The minimum Gasteiger partial charge on any atom is -0.378 e. The van der Waals surface area contributed by atoms with Crippen molar-refractivity contribution in [2.24, 2.45) is 11.7 Å². The van der Waals surface area contributed by atoms with Crippen LogP contribution in [-0.4, -0.2) is 12.1 Å². The van der Waals surface area contributed by atoms with Crippen molar-refractivity contribution < 1.29 is 0 Å². The number of nitrogens with one attached hydrogen (secondary N) is 1. The van der Waals surface area contributed by atoms with Crippen LogP contribution in [0.25, 0.3) is 0 Å². The van der Waals surface area contributed by atoms with Crippen LogP contribution in [0, 0.1) is 12.8 Å². The summed E-state index contributed by atoms with van der Waals surface area (Å²) in [5, 5.41) is 4.45. The van der Waals surface area contributed by atoms with Crippen molar-refractivity contribution in [1.29, 1.82) is 0 Å². The highest BCUT2D eigenvalue weighted by atomic mass is 35.5. The number of anilines is 1. The third-order valence-electron chi connectivity index (χ3n) is 4.06. The van der Waals surface area contributed by atoms with E-state index in [1.165, 1.54) is 12.8 Å². The molecule has 0 saturated heterocycles. The molecule has 1 aromatic carbocycles. The summed E-state index contributed by atoms with van der Waals surface area (Å²) in [7, 11) is 0. The molecule has 1 fully saturated rings. The van der Waals surface area contributed by atoms with E-state index in [2.05, 4.69) is 24.4 Å². The summed E-state index contributed by atoms with van der Waals surface area (Å²) >= 11 is 6.18. The summed E-state index contributed by atoms with van der Waals surface area (Å²) in [6.45, 7) is 5.02. The van der Waals surface area contributed by atoms with E-state index in [1.807, 2.05) is 13.0 Å². The molecule has 0 amide bonds. The van der Waals surface area contributed by atoms with Crippen LogP contribution in [0.1, 0.15) is 38.2 Å². The van der Waals surface area contributed by atoms with Gasteiger partial charge in [0.05, 0.1) is 0 Å². The molecule has 2 rings (SSSR count). The molecule has 18 heavy (non-hydrogen) atoms. The second-order valence-corrected chi connectivity index (χ2v) is 6.18. The van der Waals surface area contributed by atoms with Crippen LogP contribution in [0.3, 0.4) is 0 Å². The predicted octanol–water partition coefficient (Wildman–Crippen LogP) is 3.97. The maximum atomic E-state index is 6.18. The van der Waals surface area contributed by atoms with E-state index in [0.717, 1.165) is 35.0 Å². The molecular formula is C15H23ClN2. The Bertz CT molecular complexity index is 419. The summed E-state index contributed by atoms with van der Waals surface area (Å²) in [6.07, 6.45) is 4.87. The van der Waals surface area contributed by atoms with E-state index >= 15 is 0 Å². The topological polar surface area (TPSA) is 38.0 Å². The van der Waals surface area contributed by atoms with Crippen LogP contribution in [0.15, 0.2) is 18.2 Å². The van der Waals surface area contributed by atoms with Crippen LogP contribution in [0.5, 0.6) is 0 Å². The monoisotopic (exact) mass is 266 g/mol. The summed E-state index contributed by atoms with van der Waals surface area (Å²) in [5.41, 5.74) is 8.27. The molecule has 0 aliphatic heterocycles. The average Bonchev–Trinajstić information content (AvgIpc) is 2.34. The molecule has 0 aromatic heterocycles. The van der Waals surface area contributed by atoms with Gasteiger partial charge in [0.15, 0.2) is 0 Å². The third kappa shape index (κ3) is 2.99. The van der Waals surface area contributed by atoms with E-state index in [-0.39, 0.29) is 5.54 Å². The summed E-state index contributed by atoms with van der Waals surface area (Å²) in [5.74, 6) is 0.746. The molecule has 1 aliphatic rings. The van der Waals surface area contributed by atoms with Gasteiger partial charge in [-0.25, -0.2) is 0 Å². The zero-order valence-corrected chi connectivity index (χ0v) is 12.1. The molecule has 0 spiro atoms. The van der Waals surface area contributed by atoms with Crippen molar-refractivity contribution in [3.05, 3.63) is 28.8 Å². The highest BCUT2D eigenvalue weighted by molar-refractivity contribution is 6.31. The van der Waals surface area contributed by atoms with Gasteiger partial charge in [-0.3, -0.25) is 0 Å². The Kier molecular flexibility index (Phi) is 4.18. The molecule has 1 saturated carbocycles. The zero-order chi connectivity index (χ0) is 13.2. The standard InChI is InChI=1S/C15H23ClN2/c1-11-4-3-7-15(9-11,10-17)18-13-6-5-12(2)14(16)8-13/h5-6,8,11,18H,3-4,7,9-10,17H2,1-2H3. The Hall–Kier alpha value is -0.730. The van der Waals surface area contributed by atoms with E-state index in [0.29, 0.717) is 6.54 Å². The first-order valence-corrected chi connectivity index (χ1v) is 7.17. The lowest BCUT2D eigenvalue weighted by molar-refractivity contribution is 0.264. The first-order valence-electron chi connectivity index (χ1n) is 6.79. The molecule has 1 aliphatic carbocycles. The van der Waals surface area contributed by atoms with Gasteiger partial charge in [0, 0.05) is 22.8 Å². The van der Waals surface area contributed by atoms with Crippen LogP contribution in [0.4, 0.5) is 5.69 Å². The maximum absolute atomic E-state index is 6.18. The minimum absolute atomic E-state index is 0.0518. The van der Waals surface area contributed by atoms with Crippen molar-refractivity contribution in [2.75, 3.05) is 11.9 Å². The second-order valence-electron chi connectivity index (χ2n) is 5.77. The van der Waals surface area contributed by atoms with Gasteiger partial charge in [-0.15, -0.1) is 0 Å². The molecular weight excluding hydrogens is 244 g/mol.